The van der Waals surface area contributed by atoms with Crippen molar-refractivity contribution in [2.75, 3.05) is 35.0 Å². The Kier molecular flexibility index (Phi) is 8.58. The highest BCUT2D eigenvalue weighted by Gasteiger charge is 2.22. The molecule has 0 saturated heterocycles. The van der Waals surface area contributed by atoms with Crippen molar-refractivity contribution >= 4 is 16.9 Å². The first-order chi connectivity index (χ1) is 18.5. The number of fused-ring (bicyclic) bond motifs is 1. The lowest BCUT2D eigenvalue weighted by Gasteiger charge is -2.18. The number of imidazole rings is 1. The first-order valence-electron chi connectivity index (χ1n) is 12.3. The highest BCUT2D eigenvalue weighted by molar-refractivity contribution is 5.96. The van der Waals surface area contributed by atoms with E-state index < -0.39 is 0 Å². The molecule has 0 aliphatic heterocycles. The second-order valence-electron chi connectivity index (χ2n) is 8.60. The van der Waals surface area contributed by atoms with E-state index in [0.29, 0.717) is 36.0 Å². The number of para-hydroxylation sites is 2. The molecule has 1 heterocycles. The summed E-state index contributed by atoms with van der Waals surface area (Å²) in [6.07, 6.45) is 0.748. The van der Waals surface area contributed by atoms with Crippen LogP contribution in [0.15, 0.2) is 60.7 Å². The number of carbonyl (C=O) groups is 1. The van der Waals surface area contributed by atoms with Crippen molar-refractivity contribution in [2.45, 2.75) is 25.9 Å². The molecule has 0 bridgehead atoms. The van der Waals surface area contributed by atoms with Crippen LogP contribution in [0.2, 0.25) is 0 Å². The van der Waals surface area contributed by atoms with Gasteiger partial charge in [0.15, 0.2) is 11.5 Å². The molecule has 0 radical (unpaired) electrons. The summed E-state index contributed by atoms with van der Waals surface area (Å²) in [5, 5.41) is 3.06. The van der Waals surface area contributed by atoms with Crippen LogP contribution in [-0.4, -0.2) is 50.5 Å². The van der Waals surface area contributed by atoms with Gasteiger partial charge in [0.25, 0.3) is 5.91 Å². The van der Waals surface area contributed by atoms with Gasteiger partial charge in [-0.15, -0.1) is 0 Å². The van der Waals surface area contributed by atoms with E-state index in [2.05, 4.69) is 9.88 Å². The fourth-order valence-electron chi connectivity index (χ4n) is 4.32. The number of rotatable bonds is 12. The predicted octanol–water partition coefficient (Wildman–Crippen LogP) is 5.03. The molecule has 9 nitrogen and oxygen atoms in total. The number of aryl methyl sites for hydroxylation is 1. The van der Waals surface area contributed by atoms with E-state index in [1.54, 1.807) is 19.2 Å². The Labute approximate surface area is 222 Å². The van der Waals surface area contributed by atoms with Crippen molar-refractivity contribution in [2.24, 2.45) is 0 Å². The fraction of sp³-hybridized carbons (Fsp3) is 0.310. The van der Waals surface area contributed by atoms with Gasteiger partial charge in [0.1, 0.15) is 17.3 Å². The lowest BCUT2D eigenvalue weighted by atomic mass is 10.1. The zero-order valence-corrected chi connectivity index (χ0v) is 22.3. The summed E-state index contributed by atoms with van der Waals surface area (Å²) in [6.45, 7) is 3.11. The maximum Gasteiger partial charge on any atom is 0.252 e. The Morgan fingerprint density at radius 1 is 0.895 bits per heavy atom. The van der Waals surface area contributed by atoms with Crippen LogP contribution in [0.3, 0.4) is 0 Å². The van der Waals surface area contributed by atoms with Crippen molar-refractivity contribution in [3.63, 3.8) is 0 Å². The van der Waals surface area contributed by atoms with Gasteiger partial charge in [-0.05, 0) is 49.7 Å². The molecule has 4 aromatic rings. The zero-order chi connectivity index (χ0) is 27.1. The lowest BCUT2D eigenvalue weighted by molar-refractivity contribution is 0.0936. The number of benzene rings is 3. The fourth-order valence-corrected chi connectivity index (χ4v) is 4.32. The van der Waals surface area contributed by atoms with Crippen molar-refractivity contribution in [1.82, 2.24) is 14.9 Å². The lowest BCUT2D eigenvalue weighted by Crippen LogP contribution is -2.29. The molecule has 0 spiro atoms. The van der Waals surface area contributed by atoms with Gasteiger partial charge >= 0.3 is 0 Å². The second kappa shape index (κ2) is 12.2. The summed E-state index contributed by atoms with van der Waals surface area (Å²) < 4.78 is 29.5. The molecular weight excluding hydrogens is 486 g/mol. The van der Waals surface area contributed by atoms with Crippen LogP contribution in [0.4, 0.5) is 0 Å². The van der Waals surface area contributed by atoms with E-state index in [-0.39, 0.29) is 11.9 Å². The largest absolute Gasteiger partial charge is 0.497 e. The number of ether oxygens (including phenoxy) is 5. The zero-order valence-electron chi connectivity index (χ0n) is 22.3. The number of methoxy groups -OCH3 is 4. The molecule has 0 saturated carbocycles. The minimum atomic E-state index is -0.367. The molecule has 1 aromatic heterocycles. The monoisotopic (exact) mass is 519 g/mol. The summed E-state index contributed by atoms with van der Waals surface area (Å²) in [6, 6.07) is 18.4. The molecule has 1 N–H and O–H groups in total. The SMILES string of the molecule is COc1cccc(OCCCn2c(C(C)NC(=O)c3cc(OC)c(OC)c(OC)c3)nc3ccccc32)c1. The van der Waals surface area contributed by atoms with Crippen molar-refractivity contribution in [3.8, 4) is 28.7 Å². The van der Waals surface area contributed by atoms with Crippen LogP contribution in [0.25, 0.3) is 11.0 Å². The van der Waals surface area contributed by atoms with Crippen molar-refractivity contribution in [1.29, 1.82) is 0 Å². The van der Waals surface area contributed by atoms with Gasteiger partial charge in [-0.1, -0.05) is 18.2 Å². The molecular formula is C29H33N3O6. The van der Waals surface area contributed by atoms with E-state index in [0.717, 1.165) is 34.8 Å². The summed E-state index contributed by atoms with van der Waals surface area (Å²) in [5.41, 5.74) is 2.25. The number of hydrogen-bond acceptors (Lipinski definition) is 7. The third kappa shape index (κ3) is 5.77. The van der Waals surface area contributed by atoms with Crippen molar-refractivity contribution < 1.29 is 28.5 Å². The molecule has 1 atom stereocenters. The summed E-state index contributed by atoms with van der Waals surface area (Å²) in [7, 11) is 6.19. The molecule has 4 rings (SSSR count). The maximum absolute atomic E-state index is 13.2. The average Bonchev–Trinajstić information content (AvgIpc) is 3.33. The number of nitrogens with one attached hydrogen (secondary N) is 1. The standard InChI is InChI=1S/C29H33N3O6/c1-19(30-29(33)20-16-25(35-3)27(37-5)26(17-20)36-4)28-31-23-12-6-7-13-24(23)32(28)14-9-15-38-22-11-8-10-21(18-22)34-2/h6-8,10-13,16-19H,9,14-15H2,1-5H3,(H,30,33). The van der Waals surface area contributed by atoms with Gasteiger partial charge in [-0.25, -0.2) is 4.98 Å². The highest BCUT2D eigenvalue weighted by atomic mass is 16.5. The minimum Gasteiger partial charge on any atom is -0.497 e. The molecule has 1 unspecified atom stereocenters. The Morgan fingerprint density at radius 2 is 1.61 bits per heavy atom. The number of aromatic nitrogens is 2. The van der Waals surface area contributed by atoms with Crippen LogP contribution in [0, 0.1) is 0 Å². The van der Waals surface area contributed by atoms with Crippen LogP contribution >= 0.6 is 0 Å². The molecule has 38 heavy (non-hydrogen) atoms. The van der Waals surface area contributed by atoms with Crippen LogP contribution in [-0.2, 0) is 6.54 Å². The van der Waals surface area contributed by atoms with Crippen LogP contribution < -0.4 is 29.0 Å². The van der Waals surface area contributed by atoms with E-state index in [1.165, 1.54) is 21.3 Å². The third-order valence-corrected chi connectivity index (χ3v) is 6.18. The smallest absolute Gasteiger partial charge is 0.252 e. The quantitative estimate of drug-likeness (QED) is 0.262. The van der Waals surface area contributed by atoms with E-state index in [1.807, 2.05) is 55.5 Å². The van der Waals surface area contributed by atoms with Gasteiger partial charge in [-0.3, -0.25) is 4.79 Å². The topological polar surface area (TPSA) is 93.1 Å². The summed E-state index contributed by atoms with van der Waals surface area (Å²) in [4.78, 5) is 18.1. The van der Waals surface area contributed by atoms with Gasteiger partial charge in [0, 0.05) is 18.2 Å². The Hall–Kier alpha value is -4.40. The third-order valence-electron chi connectivity index (χ3n) is 6.18. The van der Waals surface area contributed by atoms with Gasteiger partial charge < -0.3 is 33.6 Å². The van der Waals surface area contributed by atoms with Gasteiger partial charge in [0.05, 0.1) is 52.1 Å². The molecule has 1 amide bonds. The minimum absolute atomic E-state index is 0.281. The summed E-state index contributed by atoms with van der Waals surface area (Å²) >= 11 is 0. The molecule has 200 valence electrons. The van der Waals surface area contributed by atoms with Crippen LogP contribution in [0.5, 0.6) is 28.7 Å². The first-order valence-corrected chi connectivity index (χ1v) is 12.3. The molecule has 9 heteroatoms. The maximum atomic E-state index is 13.2. The number of carbonyl (C=O) groups excluding carboxylic acids is 1. The van der Waals surface area contributed by atoms with E-state index in [9.17, 15) is 4.79 Å². The highest BCUT2D eigenvalue weighted by Crippen LogP contribution is 2.38. The molecule has 0 aliphatic rings. The molecule has 3 aromatic carbocycles. The van der Waals surface area contributed by atoms with Crippen LogP contribution in [0.1, 0.15) is 35.6 Å². The second-order valence-corrected chi connectivity index (χ2v) is 8.60. The molecule has 0 fully saturated rings. The average molecular weight is 520 g/mol. The van der Waals surface area contributed by atoms with E-state index in [4.69, 9.17) is 28.7 Å². The predicted molar refractivity (Wildman–Crippen MR) is 145 cm³/mol. The number of nitrogens with zero attached hydrogens (tertiary/aromatic N) is 2. The molecule has 0 aliphatic carbocycles. The summed E-state index contributed by atoms with van der Waals surface area (Å²) in [5.74, 6) is 3.23. The van der Waals surface area contributed by atoms with Gasteiger partial charge in [-0.2, -0.15) is 0 Å². The van der Waals surface area contributed by atoms with Gasteiger partial charge in [0.2, 0.25) is 5.75 Å². The number of hydrogen-bond donors (Lipinski definition) is 1. The van der Waals surface area contributed by atoms with E-state index >= 15 is 0 Å². The number of amides is 1. The Morgan fingerprint density at radius 3 is 2.29 bits per heavy atom. The Balaban J connectivity index is 1.51. The normalized spacial score (nSPS) is 11.6. The Bertz CT molecular complexity index is 1380. The first kappa shape index (κ1) is 26.7. The van der Waals surface area contributed by atoms with Crippen molar-refractivity contribution in [3.05, 3.63) is 72.1 Å².